The second-order valence-corrected chi connectivity index (χ2v) is 5.09. The van der Waals surface area contributed by atoms with Crippen molar-refractivity contribution in [2.24, 2.45) is 5.10 Å². The van der Waals surface area contributed by atoms with Crippen molar-refractivity contribution in [1.29, 1.82) is 0 Å². The van der Waals surface area contributed by atoms with E-state index in [-0.39, 0.29) is 28.3 Å². The number of carbonyl (C=O) groups excluding carboxylic acids is 1. The van der Waals surface area contributed by atoms with Gasteiger partial charge in [0.15, 0.2) is 0 Å². The van der Waals surface area contributed by atoms with E-state index in [1.807, 2.05) is 0 Å². The van der Waals surface area contributed by atoms with Crippen molar-refractivity contribution in [2.75, 3.05) is 0 Å². The topological polar surface area (TPSA) is 168 Å². The first-order valence-corrected chi connectivity index (χ1v) is 7.00. The molecular formula is C15H12N4O7. The normalized spacial score (nSPS) is 11.0. The number of amides is 1. The fraction of sp³-hybridized carbons (Fsp3) is 0.0667. The highest BCUT2D eigenvalue weighted by molar-refractivity contribution is 6.03. The summed E-state index contributed by atoms with van der Waals surface area (Å²) in [6.45, 7) is 1.46. The Bertz CT molecular complexity index is 907. The molecular weight excluding hydrogens is 348 g/mol. The van der Waals surface area contributed by atoms with Gasteiger partial charge < -0.3 is 10.2 Å². The van der Waals surface area contributed by atoms with E-state index in [9.17, 15) is 35.2 Å². The third-order valence-corrected chi connectivity index (χ3v) is 3.28. The molecule has 0 fully saturated rings. The highest BCUT2D eigenvalue weighted by Gasteiger charge is 2.19. The molecule has 0 heterocycles. The highest BCUT2D eigenvalue weighted by Crippen LogP contribution is 2.24. The van der Waals surface area contributed by atoms with Crippen LogP contribution in [-0.2, 0) is 0 Å². The predicted octanol–water partition coefficient (Wildman–Crippen LogP) is 2.07. The molecule has 0 aromatic heterocycles. The minimum absolute atomic E-state index is 0.160. The van der Waals surface area contributed by atoms with Gasteiger partial charge in [0.25, 0.3) is 17.3 Å². The molecule has 0 aliphatic heterocycles. The fourth-order valence-electron chi connectivity index (χ4n) is 2.02. The van der Waals surface area contributed by atoms with Crippen LogP contribution in [0.3, 0.4) is 0 Å². The number of non-ortho nitro benzene ring substituents is 2. The summed E-state index contributed by atoms with van der Waals surface area (Å²) in [5.41, 5.74) is 0.966. The Balaban J connectivity index is 2.29. The molecule has 1 amide bonds. The van der Waals surface area contributed by atoms with Crippen LogP contribution in [0.1, 0.15) is 22.8 Å². The van der Waals surface area contributed by atoms with Gasteiger partial charge in [0, 0.05) is 23.8 Å². The van der Waals surface area contributed by atoms with E-state index in [1.54, 1.807) is 0 Å². The monoisotopic (exact) mass is 360 g/mol. The number of nitrogens with one attached hydrogen (secondary N) is 1. The van der Waals surface area contributed by atoms with E-state index in [1.165, 1.54) is 19.1 Å². The molecule has 0 aliphatic rings. The van der Waals surface area contributed by atoms with Gasteiger partial charge in [-0.3, -0.25) is 25.0 Å². The smallest absolute Gasteiger partial charge is 0.277 e. The molecule has 26 heavy (non-hydrogen) atoms. The lowest BCUT2D eigenvalue weighted by molar-refractivity contribution is -0.394. The van der Waals surface area contributed by atoms with Crippen LogP contribution in [0.2, 0.25) is 0 Å². The van der Waals surface area contributed by atoms with Gasteiger partial charge in [0.2, 0.25) is 0 Å². The number of hydrazone groups is 1. The Morgan fingerprint density at radius 3 is 2.12 bits per heavy atom. The van der Waals surface area contributed by atoms with E-state index in [0.29, 0.717) is 0 Å². The summed E-state index contributed by atoms with van der Waals surface area (Å²) in [4.78, 5) is 32.1. The first-order valence-electron chi connectivity index (χ1n) is 7.00. The summed E-state index contributed by atoms with van der Waals surface area (Å²) in [7, 11) is 0. The van der Waals surface area contributed by atoms with Crippen LogP contribution in [0.25, 0.3) is 0 Å². The number of nitro benzene ring substituents is 2. The zero-order valence-corrected chi connectivity index (χ0v) is 13.2. The maximum Gasteiger partial charge on any atom is 0.277 e. The molecule has 0 aliphatic carbocycles. The number of hydrogen-bond acceptors (Lipinski definition) is 8. The van der Waals surface area contributed by atoms with E-state index in [0.717, 1.165) is 24.3 Å². The van der Waals surface area contributed by atoms with Crippen LogP contribution < -0.4 is 5.43 Å². The van der Waals surface area contributed by atoms with Gasteiger partial charge in [-0.1, -0.05) is 0 Å². The molecule has 0 saturated heterocycles. The summed E-state index contributed by atoms with van der Waals surface area (Å²) in [6, 6.07) is 6.25. The largest absolute Gasteiger partial charge is 0.508 e. The second-order valence-electron chi connectivity index (χ2n) is 5.09. The Morgan fingerprint density at radius 2 is 1.62 bits per heavy atom. The van der Waals surface area contributed by atoms with Crippen molar-refractivity contribution < 1.29 is 24.9 Å². The first kappa shape index (κ1) is 18.3. The number of nitro groups is 2. The minimum Gasteiger partial charge on any atom is -0.508 e. The summed E-state index contributed by atoms with van der Waals surface area (Å²) < 4.78 is 0. The van der Waals surface area contributed by atoms with Crippen LogP contribution in [-0.4, -0.2) is 31.7 Å². The number of nitrogens with zero attached hydrogens (tertiary/aromatic N) is 3. The molecule has 2 rings (SSSR count). The lowest BCUT2D eigenvalue weighted by Crippen LogP contribution is -2.19. The zero-order valence-electron chi connectivity index (χ0n) is 13.2. The van der Waals surface area contributed by atoms with E-state index in [2.05, 4.69) is 10.5 Å². The fourth-order valence-corrected chi connectivity index (χ4v) is 2.02. The highest BCUT2D eigenvalue weighted by atomic mass is 16.6. The minimum atomic E-state index is -0.908. The van der Waals surface area contributed by atoms with Crippen LogP contribution >= 0.6 is 0 Å². The van der Waals surface area contributed by atoms with Gasteiger partial charge in [-0.2, -0.15) is 5.10 Å². The van der Waals surface area contributed by atoms with Gasteiger partial charge >= 0.3 is 0 Å². The number of rotatable bonds is 5. The zero-order chi connectivity index (χ0) is 19.4. The molecule has 0 saturated carbocycles. The molecule has 0 unspecified atom stereocenters. The number of benzene rings is 2. The van der Waals surface area contributed by atoms with Crippen molar-refractivity contribution in [3.05, 3.63) is 67.8 Å². The van der Waals surface area contributed by atoms with Crippen LogP contribution in [0.4, 0.5) is 11.4 Å². The maximum absolute atomic E-state index is 12.1. The Hall–Kier alpha value is -4.02. The molecule has 0 radical (unpaired) electrons. The Morgan fingerprint density at radius 1 is 1.04 bits per heavy atom. The van der Waals surface area contributed by atoms with E-state index >= 15 is 0 Å². The van der Waals surface area contributed by atoms with Crippen molar-refractivity contribution in [2.45, 2.75) is 6.92 Å². The molecule has 0 bridgehead atoms. The predicted molar refractivity (Wildman–Crippen MR) is 89.2 cm³/mol. The average Bonchev–Trinajstić information content (AvgIpc) is 2.58. The van der Waals surface area contributed by atoms with Gasteiger partial charge in [0.05, 0.1) is 27.2 Å². The van der Waals surface area contributed by atoms with Crippen LogP contribution in [0.15, 0.2) is 41.5 Å². The van der Waals surface area contributed by atoms with E-state index in [4.69, 9.17) is 0 Å². The Kier molecular flexibility index (Phi) is 5.11. The number of phenols is 2. The molecule has 2 aromatic rings. The maximum atomic E-state index is 12.1. The van der Waals surface area contributed by atoms with Crippen LogP contribution in [0.5, 0.6) is 11.5 Å². The van der Waals surface area contributed by atoms with Crippen molar-refractivity contribution in [1.82, 2.24) is 5.43 Å². The third-order valence-electron chi connectivity index (χ3n) is 3.28. The quantitative estimate of drug-likeness (QED) is 0.416. The van der Waals surface area contributed by atoms with Gasteiger partial charge in [0.1, 0.15) is 11.5 Å². The molecule has 0 atom stereocenters. The summed E-state index contributed by atoms with van der Waals surface area (Å²) in [5, 5.41) is 44.4. The lowest BCUT2D eigenvalue weighted by atomic mass is 10.1. The molecule has 11 nitrogen and oxygen atoms in total. The average molecular weight is 360 g/mol. The van der Waals surface area contributed by atoms with Gasteiger partial charge in [-0.05, 0) is 19.1 Å². The van der Waals surface area contributed by atoms with Gasteiger partial charge in [-0.25, -0.2) is 5.43 Å². The number of phenolic OH excluding ortho intramolecular Hbond substituents is 2. The summed E-state index contributed by atoms with van der Waals surface area (Å²) in [5.74, 6) is -1.34. The summed E-state index contributed by atoms with van der Waals surface area (Å²) >= 11 is 0. The Labute approximate surface area is 145 Å². The number of aromatic hydroxyl groups is 2. The molecule has 0 spiro atoms. The number of carbonyl (C=O) groups is 1. The molecule has 2 aromatic carbocycles. The van der Waals surface area contributed by atoms with Crippen molar-refractivity contribution in [3.63, 3.8) is 0 Å². The van der Waals surface area contributed by atoms with Crippen molar-refractivity contribution >= 4 is 23.0 Å². The van der Waals surface area contributed by atoms with E-state index < -0.39 is 27.1 Å². The van der Waals surface area contributed by atoms with Crippen LogP contribution in [0, 0.1) is 20.2 Å². The first-order chi connectivity index (χ1) is 12.2. The molecule has 11 heteroatoms. The van der Waals surface area contributed by atoms with Gasteiger partial charge in [-0.15, -0.1) is 0 Å². The third kappa shape index (κ3) is 4.08. The standard InChI is InChI=1S/C15H12N4O7/c1-8(13-3-2-12(20)7-14(13)21)16-17-15(22)9-4-10(18(23)24)6-11(5-9)19(25)26/h2-7,20-21H,1H3,(H,17,22)/b16-8-. The SMILES string of the molecule is C/C(=N/NC(=O)c1cc([N+](=O)[O-])cc([N+](=O)[O-])c1)c1ccc(O)cc1O. The second kappa shape index (κ2) is 7.25. The molecule has 134 valence electrons. The summed E-state index contributed by atoms with van der Waals surface area (Å²) in [6.07, 6.45) is 0. The van der Waals surface area contributed by atoms with Crippen molar-refractivity contribution in [3.8, 4) is 11.5 Å². The molecule has 3 N–H and O–H groups in total. The lowest BCUT2D eigenvalue weighted by Gasteiger charge is -2.06. The number of hydrogen-bond donors (Lipinski definition) is 3.